The molecule has 0 radical (unpaired) electrons. The summed E-state index contributed by atoms with van der Waals surface area (Å²) < 4.78 is 21.9. The minimum absolute atomic E-state index is 0.103. The number of primary sulfonamides is 1. The molecule has 0 atom stereocenters. The number of nitrogens with one attached hydrogen (secondary N) is 1. The summed E-state index contributed by atoms with van der Waals surface area (Å²) in [5.41, 5.74) is 1.81. The Kier molecular flexibility index (Phi) is 4.92. The third-order valence-electron chi connectivity index (χ3n) is 2.12. The van der Waals surface area contributed by atoms with E-state index in [1.165, 1.54) is 0 Å². The number of rotatable bonds is 6. The van der Waals surface area contributed by atoms with Gasteiger partial charge in [-0.2, -0.15) is 0 Å². The molecule has 0 fully saturated rings. The van der Waals surface area contributed by atoms with Gasteiger partial charge in [0.1, 0.15) is 0 Å². The molecule has 0 aromatic heterocycles. The van der Waals surface area contributed by atoms with Crippen LogP contribution in [0.25, 0.3) is 0 Å². The molecule has 1 aromatic rings. The molecule has 0 heterocycles. The van der Waals surface area contributed by atoms with Crippen LogP contribution < -0.4 is 10.5 Å². The normalized spacial score (nSPS) is 11.6. The first-order valence-corrected chi connectivity index (χ1v) is 7.02. The van der Waals surface area contributed by atoms with Gasteiger partial charge in [0.2, 0.25) is 10.0 Å². The molecule has 0 aliphatic carbocycles. The number of benzene rings is 1. The van der Waals surface area contributed by atoms with E-state index in [0.717, 1.165) is 30.6 Å². The second kappa shape index (κ2) is 5.98. The summed E-state index contributed by atoms with van der Waals surface area (Å²) in [7, 11) is -3.44. The highest BCUT2D eigenvalue weighted by Gasteiger charge is 2.05. The molecular weight excluding hydrogens is 224 g/mol. The van der Waals surface area contributed by atoms with Crippen molar-refractivity contribution in [1.82, 2.24) is 5.32 Å². The molecule has 0 saturated heterocycles. The minimum Gasteiger partial charge on any atom is -0.313 e. The van der Waals surface area contributed by atoms with Crippen LogP contribution in [-0.2, 0) is 22.3 Å². The predicted octanol–water partition coefficient (Wildman–Crippen LogP) is 0.975. The Hall–Kier alpha value is -0.910. The van der Waals surface area contributed by atoms with E-state index in [0.29, 0.717) is 0 Å². The Bertz CT molecular complexity index is 429. The quantitative estimate of drug-likeness (QED) is 0.730. The fraction of sp³-hybridized carbons (Fsp3) is 0.455. The third kappa shape index (κ3) is 5.25. The highest BCUT2D eigenvalue weighted by Crippen LogP contribution is 2.07. The topological polar surface area (TPSA) is 72.2 Å². The summed E-state index contributed by atoms with van der Waals surface area (Å²) in [6.07, 6.45) is 1.08. The van der Waals surface area contributed by atoms with Gasteiger partial charge >= 0.3 is 0 Å². The Labute approximate surface area is 96.9 Å². The average molecular weight is 242 g/mol. The van der Waals surface area contributed by atoms with Gasteiger partial charge in [-0.15, -0.1) is 0 Å². The number of hydrogen-bond acceptors (Lipinski definition) is 3. The molecule has 0 bridgehead atoms. The van der Waals surface area contributed by atoms with E-state index >= 15 is 0 Å². The van der Waals surface area contributed by atoms with Crippen molar-refractivity contribution < 1.29 is 8.42 Å². The molecule has 90 valence electrons. The van der Waals surface area contributed by atoms with E-state index in [2.05, 4.69) is 12.2 Å². The summed E-state index contributed by atoms with van der Waals surface area (Å²) in [5.74, 6) is -0.103. The molecule has 4 nitrogen and oxygen atoms in total. The van der Waals surface area contributed by atoms with E-state index in [1.807, 2.05) is 18.2 Å². The second-order valence-electron chi connectivity index (χ2n) is 3.80. The van der Waals surface area contributed by atoms with Crippen molar-refractivity contribution in [2.24, 2.45) is 5.14 Å². The molecule has 1 rings (SSSR count). The van der Waals surface area contributed by atoms with Crippen LogP contribution in [0.2, 0.25) is 0 Å². The summed E-state index contributed by atoms with van der Waals surface area (Å²) in [5, 5.41) is 8.26. The van der Waals surface area contributed by atoms with Gasteiger partial charge in [0.15, 0.2) is 0 Å². The zero-order valence-electron chi connectivity index (χ0n) is 9.44. The van der Waals surface area contributed by atoms with Gasteiger partial charge in [0.05, 0.1) is 5.75 Å². The Morgan fingerprint density at radius 3 is 2.62 bits per heavy atom. The van der Waals surface area contributed by atoms with Crippen molar-refractivity contribution in [3.63, 3.8) is 0 Å². The molecule has 1 aromatic carbocycles. The lowest BCUT2D eigenvalue weighted by atomic mass is 10.1. The molecule has 0 saturated carbocycles. The molecule has 3 N–H and O–H groups in total. The molecule has 16 heavy (non-hydrogen) atoms. The highest BCUT2D eigenvalue weighted by molar-refractivity contribution is 7.88. The van der Waals surface area contributed by atoms with Gasteiger partial charge in [-0.3, -0.25) is 0 Å². The van der Waals surface area contributed by atoms with Crippen LogP contribution in [0.3, 0.4) is 0 Å². The van der Waals surface area contributed by atoms with Crippen molar-refractivity contribution in [2.75, 3.05) is 6.54 Å². The minimum atomic E-state index is -3.44. The average Bonchev–Trinajstić information content (AvgIpc) is 2.16. The van der Waals surface area contributed by atoms with Gasteiger partial charge in [-0.05, 0) is 24.1 Å². The number of sulfonamides is 1. The van der Waals surface area contributed by atoms with Gasteiger partial charge in [-0.1, -0.05) is 31.2 Å². The third-order valence-corrected chi connectivity index (χ3v) is 2.85. The first kappa shape index (κ1) is 13.2. The van der Waals surface area contributed by atoms with Crippen molar-refractivity contribution in [1.29, 1.82) is 0 Å². The zero-order valence-corrected chi connectivity index (χ0v) is 10.3. The lowest BCUT2D eigenvalue weighted by Gasteiger charge is -2.05. The summed E-state index contributed by atoms with van der Waals surface area (Å²) >= 11 is 0. The molecule has 5 heteroatoms. The van der Waals surface area contributed by atoms with Crippen molar-refractivity contribution in [2.45, 2.75) is 25.6 Å². The molecule has 0 spiro atoms. The van der Waals surface area contributed by atoms with E-state index in [9.17, 15) is 8.42 Å². The lowest BCUT2D eigenvalue weighted by molar-refractivity contribution is 0.597. The fourth-order valence-electron chi connectivity index (χ4n) is 1.47. The largest absolute Gasteiger partial charge is 0.313 e. The highest BCUT2D eigenvalue weighted by atomic mass is 32.2. The maximum atomic E-state index is 10.9. The van der Waals surface area contributed by atoms with E-state index in [1.54, 1.807) is 6.07 Å². The lowest BCUT2D eigenvalue weighted by Crippen LogP contribution is -2.16. The Morgan fingerprint density at radius 1 is 1.31 bits per heavy atom. The molecule has 0 amide bonds. The van der Waals surface area contributed by atoms with Crippen LogP contribution in [0.15, 0.2) is 24.3 Å². The second-order valence-corrected chi connectivity index (χ2v) is 5.42. The Morgan fingerprint density at radius 2 is 2.00 bits per heavy atom. The van der Waals surface area contributed by atoms with Gasteiger partial charge < -0.3 is 5.32 Å². The smallest absolute Gasteiger partial charge is 0.213 e. The van der Waals surface area contributed by atoms with Crippen LogP contribution in [0.4, 0.5) is 0 Å². The van der Waals surface area contributed by atoms with Gasteiger partial charge in [0.25, 0.3) is 0 Å². The first-order valence-electron chi connectivity index (χ1n) is 5.30. The Balaban J connectivity index is 2.64. The van der Waals surface area contributed by atoms with Crippen LogP contribution in [0.1, 0.15) is 24.5 Å². The molecule has 0 aliphatic heterocycles. The van der Waals surface area contributed by atoms with E-state index < -0.39 is 10.0 Å². The SMILES string of the molecule is CCCNCc1cccc(CS(N)(=O)=O)c1. The number of hydrogen-bond donors (Lipinski definition) is 2. The molecule has 0 unspecified atom stereocenters. The van der Waals surface area contributed by atoms with Crippen LogP contribution >= 0.6 is 0 Å². The zero-order chi connectivity index (χ0) is 12.0. The molecule has 0 aliphatic rings. The maximum absolute atomic E-state index is 10.9. The summed E-state index contributed by atoms with van der Waals surface area (Å²) in [6, 6.07) is 7.46. The fourth-order valence-corrected chi connectivity index (χ4v) is 2.12. The maximum Gasteiger partial charge on any atom is 0.213 e. The number of nitrogens with two attached hydrogens (primary N) is 1. The van der Waals surface area contributed by atoms with Crippen molar-refractivity contribution >= 4 is 10.0 Å². The van der Waals surface area contributed by atoms with Crippen molar-refractivity contribution in [3.8, 4) is 0 Å². The van der Waals surface area contributed by atoms with Crippen LogP contribution in [0, 0.1) is 0 Å². The predicted molar refractivity (Wildman–Crippen MR) is 65.3 cm³/mol. The standard InChI is InChI=1S/C11H18N2O2S/c1-2-6-13-8-10-4-3-5-11(7-10)9-16(12,14)15/h3-5,7,13H,2,6,8-9H2,1H3,(H2,12,14,15). The first-order chi connectivity index (χ1) is 7.51. The molecular formula is C11H18N2O2S. The van der Waals surface area contributed by atoms with E-state index in [-0.39, 0.29) is 5.75 Å². The van der Waals surface area contributed by atoms with Gasteiger partial charge in [-0.25, -0.2) is 13.6 Å². The summed E-state index contributed by atoms with van der Waals surface area (Å²) in [4.78, 5) is 0. The monoisotopic (exact) mass is 242 g/mol. The van der Waals surface area contributed by atoms with Crippen LogP contribution in [0.5, 0.6) is 0 Å². The van der Waals surface area contributed by atoms with Crippen LogP contribution in [-0.4, -0.2) is 15.0 Å². The van der Waals surface area contributed by atoms with Gasteiger partial charge in [0, 0.05) is 6.54 Å². The summed E-state index contributed by atoms with van der Waals surface area (Å²) in [6.45, 7) is 3.82. The van der Waals surface area contributed by atoms with E-state index in [4.69, 9.17) is 5.14 Å². The van der Waals surface area contributed by atoms with Crippen molar-refractivity contribution in [3.05, 3.63) is 35.4 Å².